The lowest BCUT2D eigenvalue weighted by Crippen LogP contribution is -2.11. The average Bonchev–Trinajstić information content (AvgIpc) is 3.31. The highest BCUT2D eigenvalue weighted by Gasteiger charge is 2.27. The van der Waals surface area contributed by atoms with Gasteiger partial charge in [0.2, 0.25) is 0 Å². The molecule has 0 N–H and O–H groups in total. The fourth-order valence-electron chi connectivity index (χ4n) is 10.5. The van der Waals surface area contributed by atoms with Crippen molar-refractivity contribution >= 4 is 120 Å². The minimum Gasteiger partial charge on any atom is -0.310 e. The van der Waals surface area contributed by atoms with E-state index in [-0.39, 0.29) is 0 Å². The third-order valence-electron chi connectivity index (χ3n) is 12.8. The predicted octanol–water partition coefficient (Wildman–Crippen LogP) is 16.7. The Hall–Kier alpha value is -7.94. The van der Waals surface area contributed by atoms with Crippen molar-refractivity contribution in [2.75, 3.05) is 9.80 Å². The van der Waals surface area contributed by atoms with Crippen LogP contribution in [-0.2, 0) is 0 Å². The number of nitrogens with zero attached hydrogens (tertiary/aromatic N) is 2. The molecule has 278 valence electrons. The van der Waals surface area contributed by atoms with Crippen LogP contribution in [0.4, 0.5) is 34.1 Å². The van der Waals surface area contributed by atoms with E-state index in [0.29, 0.717) is 0 Å². The molecule has 0 aromatic heterocycles. The number of fused-ring (bicyclic) bond motifs is 6. The van der Waals surface area contributed by atoms with E-state index in [0.717, 1.165) is 22.7 Å². The first kappa shape index (κ1) is 33.1. The van der Waals surface area contributed by atoms with Crippen LogP contribution in [0.2, 0.25) is 0 Å². The Kier molecular flexibility index (Phi) is 7.05. The van der Waals surface area contributed by atoms with Crippen LogP contribution in [0.15, 0.2) is 218 Å². The van der Waals surface area contributed by atoms with Crippen LogP contribution in [0.3, 0.4) is 0 Å². The largest absolute Gasteiger partial charge is 0.310 e. The molecule has 0 heterocycles. The SMILES string of the molecule is c1ccc(N(c2ccccc2)c2ccc3c4c5cccc6cccc(c7c(N(c8ccccc8)c8ccccc8)ccc(c8c9cccc%10cccc(c2c38)c%109)c74)c65)cc1. The molecule has 0 aliphatic rings. The standard InChI is InChI=1S/C58H36N2/c1-5-21-39(22-6-1)59(40-23-7-2-8-24-40)49-35-33-47-54-44-30-14-18-38-20-16-32-46(52(38)44)56-50(60(41-25-9-3-10-26-41)42-27-11-4-12-28-42)36-34-48(58(54)56)53-43-29-13-17-37-19-15-31-45(51(37)43)55(49)57(47)53/h1-36H. The zero-order valence-corrected chi connectivity index (χ0v) is 32.7. The van der Waals surface area contributed by atoms with Gasteiger partial charge in [0.1, 0.15) is 0 Å². The van der Waals surface area contributed by atoms with Gasteiger partial charge in [-0.1, -0.05) is 158 Å². The number of hydrogen-bond acceptors (Lipinski definition) is 2. The fraction of sp³-hybridized carbons (Fsp3) is 0. The van der Waals surface area contributed by atoms with E-state index in [4.69, 9.17) is 0 Å². The zero-order chi connectivity index (χ0) is 39.3. The molecule has 13 aromatic rings. The summed E-state index contributed by atoms with van der Waals surface area (Å²) in [5, 5.41) is 20.5. The molecule has 0 saturated carbocycles. The molecular formula is C58H36N2. The number of para-hydroxylation sites is 4. The number of hydrogen-bond donors (Lipinski definition) is 0. The second-order valence-electron chi connectivity index (χ2n) is 15.9. The Bertz CT molecular complexity index is 3410. The molecule has 0 atom stereocenters. The quantitative estimate of drug-likeness (QED) is 0.123. The molecule has 2 nitrogen and oxygen atoms in total. The Morgan fingerprint density at radius 3 is 0.783 bits per heavy atom. The summed E-state index contributed by atoms with van der Waals surface area (Å²) in [5.74, 6) is 0. The second kappa shape index (κ2) is 12.8. The van der Waals surface area contributed by atoms with Gasteiger partial charge in [0.15, 0.2) is 0 Å². The van der Waals surface area contributed by atoms with Crippen molar-refractivity contribution < 1.29 is 0 Å². The van der Waals surface area contributed by atoms with Crippen molar-refractivity contribution in [3.8, 4) is 0 Å². The van der Waals surface area contributed by atoms with Crippen LogP contribution < -0.4 is 9.80 Å². The van der Waals surface area contributed by atoms with Crippen molar-refractivity contribution in [2.24, 2.45) is 0 Å². The van der Waals surface area contributed by atoms with Crippen LogP contribution in [0.1, 0.15) is 0 Å². The van der Waals surface area contributed by atoms with E-state index in [1.54, 1.807) is 0 Å². The van der Waals surface area contributed by atoms with Gasteiger partial charge >= 0.3 is 0 Å². The molecule has 0 bridgehead atoms. The second-order valence-corrected chi connectivity index (χ2v) is 15.9. The predicted molar refractivity (Wildman–Crippen MR) is 258 cm³/mol. The summed E-state index contributed by atoms with van der Waals surface area (Å²) in [4.78, 5) is 4.90. The monoisotopic (exact) mass is 760 g/mol. The summed E-state index contributed by atoms with van der Waals surface area (Å²) in [6.07, 6.45) is 0. The molecule has 0 amide bonds. The van der Waals surface area contributed by atoms with Crippen LogP contribution in [0, 0.1) is 0 Å². The zero-order valence-electron chi connectivity index (χ0n) is 32.7. The highest BCUT2D eigenvalue weighted by molar-refractivity contribution is 6.49. The Balaban J connectivity index is 1.30. The van der Waals surface area contributed by atoms with Crippen molar-refractivity contribution in [3.05, 3.63) is 218 Å². The molecule has 13 rings (SSSR count). The molecule has 0 radical (unpaired) electrons. The maximum atomic E-state index is 2.45. The smallest absolute Gasteiger partial charge is 0.0546 e. The first-order valence-corrected chi connectivity index (χ1v) is 20.8. The molecule has 2 heteroatoms. The average molecular weight is 761 g/mol. The van der Waals surface area contributed by atoms with Crippen molar-refractivity contribution in [1.82, 2.24) is 0 Å². The van der Waals surface area contributed by atoms with Crippen LogP contribution >= 0.6 is 0 Å². The minimum absolute atomic E-state index is 1.13. The van der Waals surface area contributed by atoms with Gasteiger partial charge < -0.3 is 9.80 Å². The molecule has 0 spiro atoms. The first-order chi connectivity index (χ1) is 29.8. The third kappa shape index (κ3) is 4.59. The Labute approximate surface area is 347 Å². The lowest BCUT2D eigenvalue weighted by Gasteiger charge is -2.31. The van der Waals surface area contributed by atoms with Crippen LogP contribution in [-0.4, -0.2) is 0 Å². The summed E-state index contributed by atoms with van der Waals surface area (Å²) in [6, 6.07) is 80.4. The van der Waals surface area contributed by atoms with E-state index in [1.165, 1.54) is 97.6 Å². The van der Waals surface area contributed by atoms with Gasteiger partial charge in [-0.3, -0.25) is 0 Å². The molecule has 0 saturated heterocycles. The van der Waals surface area contributed by atoms with Gasteiger partial charge in [0.25, 0.3) is 0 Å². The van der Waals surface area contributed by atoms with Crippen molar-refractivity contribution in [1.29, 1.82) is 0 Å². The number of rotatable bonds is 6. The van der Waals surface area contributed by atoms with Gasteiger partial charge in [0, 0.05) is 44.3 Å². The topological polar surface area (TPSA) is 6.48 Å². The Morgan fingerprint density at radius 1 is 0.183 bits per heavy atom. The van der Waals surface area contributed by atoms with Gasteiger partial charge in [-0.25, -0.2) is 0 Å². The van der Waals surface area contributed by atoms with E-state index < -0.39 is 0 Å². The lowest BCUT2D eigenvalue weighted by atomic mass is 9.81. The number of benzene rings is 13. The van der Waals surface area contributed by atoms with Crippen LogP contribution in [0.25, 0.3) is 86.2 Å². The molecule has 0 aliphatic heterocycles. The highest BCUT2D eigenvalue weighted by Crippen LogP contribution is 2.55. The molecule has 13 aromatic carbocycles. The molecular weight excluding hydrogens is 725 g/mol. The summed E-state index contributed by atoms with van der Waals surface area (Å²) >= 11 is 0. The molecule has 0 unspecified atom stereocenters. The molecule has 0 fully saturated rings. The minimum atomic E-state index is 1.13. The van der Waals surface area contributed by atoms with E-state index in [9.17, 15) is 0 Å². The van der Waals surface area contributed by atoms with Gasteiger partial charge in [-0.15, -0.1) is 0 Å². The Morgan fingerprint density at radius 2 is 0.467 bits per heavy atom. The highest BCUT2D eigenvalue weighted by atomic mass is 15.1. The van der Waals surface area contributed by atoms with Crippen LogP contribution in [0.5, 0.6) is 0 Å². The molecule has 60 heavy (non-hydrogen) atoms. The van der Waals surface area contributed by atoms with E-state index in [1.807, 2.05) is 0 Å². The summed E-state index contributed by atoms with van der Waals surface area (Å²) in [6.45, 7) is 0. The number of anilines is 6. The van der Waals surface area contributed by atoms with E-state index >= 15 is 0 Å². The fourth-order valence-corrected chi connectivity index (χ4v) is 10.5. The maximum Gasteiger partial charge on any atom is 0.0546 e. The van der Waals surface area contributed by atoms with Crippen molar-refractivity contribution in [2.45, 2.75) is 0 Å². The van der Waals surface area contributed by atoms with Crippen molar-refractivity contribution in [3.63, 3.8) is 0 Å². The summed E-state index contributed by atoms with van der Waals surface area (Å²) in [7, 11) is 0. The molecule has 0 aliphatic carbocycles. The normalized spacial score (nSPS) is 12.0. The summed E-state index contributed by atoms with van der Waals surface area (Å²) in [5.41, 5.74) is 6.84. The maximum absolute atomic E-state index is 2.45. The lowest BCUT2D eigenvalue weighted by molar-refractivity contribution is 1.30. The first-order valence-electron chi connectivity index (χ1n) is 20.8. The van der Waals surface area contributed by atoms with Gasteiger partial charge in [-0.2, -0.15) is 0 Å². The van der Waals surface area contributed by atoms with Gasteiger partial charge in [0.05, 0.1) is 11.4 Å². The summed E-state index contributed by atoms with van der Waals surface area (Å²) < 4.78 is 0. The third-order valence-corrected chi connectivity index (χ3v) is 12.8. The van der Waals surface area contributed by atoms with E-state index in [2.05, 4.69) is 228 Å². The van der Waals surface area contributed by atoms with Gasteiger partial charge in [-0.05, 0) is 125 Å².